The fraction of sp³-hybridized carbons (Fsp3) is 0.316. The zero-order chi connectivity index (χ0) is 15.8. The number of anilines is 2. The second kappa shape index (κ2) is 5.61. The van der Waals surface area contributed by atoms with E-state index in [1.54, 1.807) is 6.92 Å². The van der Waals surface area contributed by atoms with Crippen molar-refractivity contribution in [2.45, 2.75) is 13.5 Å². The molecule has 0 radical (unpaired) electrons. The molecule has 0 unspecified atom stereocenters. The first-order valence-electron chi connectivity index (χ1n) is 8.19. The van der Waals surface area contributed by atoms with Crippen molar-refractivity contribution in [3.63, 3.8) is 0 Å². The topological polar surface area (TPSA) is 35.6 Å². The Morgan fingerprint density at radius 3 is 2.26 bits per heavy atom. The average molecular weight is 307 g/mol. The van der Waals surface area contributed by atoms with E-state index in [0.29, 0.717) is 0 Å². The largest absolute Gasteiger partial charge is 0.380 e. The Hall–Kier alpha value is -2.49. The highest BCUT2D eigenvalue weighted by Crippen LogP contribution is 2.48. The number of nitrogens with one attached hydrogen (secondary N) is 1. The van der Waals surface area contributed by atoms with Crippen LogP contribution in [0.5, 0.6) is 0 Å². The predicted octanol–water partition coefficient (Wildman–Crippen LogP) is 2.95. The second-order valence-corrected chi connectivity index (χ2v) is 6.24. The predicted molar refractivity (Wildman–Crippen MR) is 93.7 cm³/mol. The maximum atomic E-state index is 11.4. The number of para-hydroxylation sites is 1. The van der Waals surface area contributed by atoms with Crippen molar-refractivity contribution >= 4 is 17.3 Å². The number of hydrogen-bond donors (Lipinski definition) is 1. The van der Waals surface area contributed by atoms with Gasteiger partial charge in [-0.15, -0.1) is 0 Å². The quantitative estimate of drug-likeness (QED) is 0.805. The normalized spacial score (nSPS) is 15.5. The van der Waals surface area contributed by atoms with E-state index in [4.69, 9.17) is 0 Å². The molecule has 0 spiro atoms. The van der Waals surface area contributed by atoms with Crippen molar-refractivity contribution in [1.82, 2.24) is 4.90 Å². The van der Waals surface area contributed by atoms with Crippen molar-refractivity contribution in [3.8, 4) is 11.1 Å². The van der Waals surface area contributed by atoms with Gasteiger partial charge >= 0.3 is 0 Å². The molecule has 0 aromatic heterocycles. The van der Waals surface area contributed by atoms with Gasteiger partial charge in [-0.1, -0.05) is 30.3 Å². The molecule has 1 saturated heterocycles. The summed E-state index contributed by atoms with van der Waals surface area (Å²) in [5.74, 6) is 0.177. The third-order valence-electron chi connectivity index (χ3n) is 4.79. The van der Waals surface area contributed by atoms with Gasteiger partial charge in [-0.05, 0) is 17.7 Å². The molecule has 4 nitrogen and oxygen atoms in total. The lowest BCUT2D eigenvalue weighted by molar-refractivity contribution is -0.129. The molecule has 0 saturated carbocycles. The average Bonchev–Trinajstić information content (AvgIpc) is 3.01. The van der Waals surface area contributed by atoms with Crippen LogP contribution in [0.3, 0.4) is 0 Å². The highest BCUT2D eigenvalue weighted by Gasteiger charge is 2.22. The summed E-state index contributed by atoms with van der Waals surface area (Å²) in [4.78, 5) is 15.6. The fourth-order valence-corrected chi connectivity index (χ4v) is 3.29. The summed E-state index contributed by atoms with van der Waals surface area (Å²) in [5, 5.41) is 3.49. The summed E-state index contributed by atoms with van der Waals surface area (Å²) in [6.07, 6.45) is 0. The van der Waals surface area contributed by atoms with Crippen molar-refractivity contribution in [3.05, 3.63) is 48.0 Å². The molecule has 1 aromatic rings. The molecule has 1 N–H and O–H groups in total. The second-order valence-electron chi connectivity index (χ2n) is 6.24. The fourth-order valence-electron chi connectivity index (χ4n) is 3.29. The van der Waals surface area contributed by atoms with Gasteiger partial charge in [-0.3, -0.25) is 4.79 Å². The van der Waals surface area contributed by atoms with Crippen LogP contribution in [0.2, 0.25) is 0 Å². The summed E-state index contributed by atoms with van der Waals surface area (Å²) < 4.78 is 0. The SMILES string of the molecule is CC(=O)N1CCN(c2ccc(CNc3c4cccc3-4)cc2)CC1. The van der Waals surface area contributed by atoms with Crippen LogP contribution >= 0.6 is 0 Å². The summed E-state index contributed by atoms with van der Waals surface area (Å²) >= 11 is 0. The first-order chi connectivity index (χ1) is 11.2. The number of hydrogen-bond acceptors (Lipinski definition) is 3. The van der Waals surface area contributed by atoms with Gasteiger partial charge in [0.2, 0.25) is 5.91 Å². The molecule has 2 aliphatic carbocycles. The third-order valence-corrected chi connectivity index (χ3v) is 4.79. The van der Waals surface area contributed by atoms with Crippen LogP contribution in [0, 0.1) is 0 Å². The maximum absolute atomic E-state index is 11.4. The van der Waals surface area contributed by atoms with Gasteiger partial charge in [0, 0.05) is 56.5 Å². The van der Waals surface area contributed by atoms with Crippen LogP contribution in [0.1, 0.15) is 12.5 Å². The van der Waals surface area contributed by atoms with E-state index in [-0.39, 0.29) is 5.91 Å². The Morgan fingerprint density at radius 1 is 1.00 bits per heavy atom. The first kappa shape index (κ1) is 14.1. The molecule has 23 heavy (non-hydrogen) atoms. The van der Waals surface area contributed by atoms with E-state index in [0.717, 1.165) is 32.7 Å². The molecular formula is C19H21N3O. The minimum Gasteiger partial charge on any atom is -0.380 e. The highest BCUT2D eigenvalue weighted by molar-refractivity contribution is 6.04. The zero-order valence-corrected chi connectivity index (χ0v) is 13.4. The van der Waals surface area contributed by atoms with E-state index >= 15 is 0 Å². The first-order valence-corrected chi connectivity index (χ1v) is 8.19. The van der Waals surface area contributed by atoms with Gasteiger partial charge < -0.3 is 15.1 Å². The lowest BCUT2D eigenvalue weighted by Gasteiger charge is -2.35. The minimum atomic E-state index is 0.177. The molecule has 0 atom stereocenters. The van der Waals surface area contributed by atoms with E-state index in [1.165, 1.54) is 28.1 Å². The van der Waals surface area contributed by atoms with Crippen LogP contribution in [-0.4, -0.2) is 37.0 Å². The van der Waals surface area contributed by atoms with E-state index in [2.05, 4.69) is 52.7 Å². The number of nitrogens with zero attached hydrogens (tertiary/aromatic N) is 2. The lowest BCUT2D eigenvalue weighted by atomic mass is 10.1. The standard InChI is InChI=1S/C19H21N3O/c1-14(23)21-9-11-22(12-10-21)16-7-5-15(6-8-16)13-20-19-17-3-2-4-18(17)19/h2-8,20H,9-13H2,1H3. The van der Waals surface area contributed by atoms with Gasteiger partial charge in [0.05, 0.1) is 5.69 Å². The van der Waals surface area contributed by atoms with Crippen LogP contribution in [0.4, 0.5) is 11.4 Å². The van der Waals surface area contributed by atoms with Crippen LogP contribution in [0.15, 0.2) is 42.5 Å². The molecule has 0 bridgehead atoms. The Morgan fingerprint density at radius 2 is 1.65 bits per heavy atom. The smallest absolute Gasteiger partial charge is 0.219 e. The maximum Gasteiger partial charge on any atom is 0.219 e. The summed E-state index contributed by atoms with van der Waals surface area (Å²) in [6, 6.07) is 15.1. The third kappa shape index (κ3) is 2.77. The van der Waals surface area contributed by atoms with E-state index in [9.17, 15) is 4.79 Å². The molecule has 4 heteroatoms. The summed E-state index contributed by atoms with van der Waals surface area (Å²) in [7, 11) is 0. The molecule has 1 aliphatic heterocycles. The Balaban J connectivity index is 1.33. The number of carbonyl (C=O) groups excluding carboxylic acids is 1. The molecule has 118 valence electrons. The molecule has 1 fully saturated rings. The molecule has 1 amide bonds. The number of amides is 1. The summed E-state index contributed by atoms with van der Waals surface area (Å²) in [6.45, 7) is 5.97. The van der Waals surface area contributed by atoms with Gasteiger partial charge in [0.1, 0.15) is 0 Å². The zero-order valence-electron chi connectivity index (χ0n) is 13.4. The minimum absolute atomic E-state index is 0.177. The Labute approximate surface area is 136 Å². The highest BCUT2D eigenvalue weighted by atomic mass is 16.2. The van der Waals surface area contributed by atoms with Crippen molar-refractivity contribution in [2.75, 3.05) is 36.4 Å². The summed E-state index contributed by atoms with van der Waals surface area (Å²) in [5.41, 5.74) is 6.57. The molecule has 1 heterocycles. The molecule has 4 rings (SSSR count). The lowest BCUT2D eigenvalue weighted by Crippen LogP contribution is -2.48. The van der Waals surface area contributed by atoms with Crippen molar-refractivity contribution in [2.24, 2.45) is 0 Å². The molecular weight excluding hydrogens is 286 g/mol. The van der Waals surface area contributed by atoms with Crippen molar-refractivity contribution in [1.29, 1.82) is 0 Å². The van der Waals surface area contributed by atoms with Crippen LogP contribution < -0.4 is 10.2 Å². The molecule has 1 aromatic carbocycles. The van der Waals surface area contributed by atoms with Gasteiger partial charge in [0.25, 0.3) is 0 Å². The number of carbonyl (C=O) groups is 1. The van der Waals surface area contributed by atoms with Gasteiger partial charge in [-0.2, -0.15) is 0 Å². The number of piperazine rings is 1. The Kier molecular flexibility index (Phi) is 3.45. The van der Waals surface area contributed by atoms with E-state index < -0.39 is 0 Å². The van der Waals surface area contributed by atoms with Crippen LogP contribution in [0.25, 0.3) is 11.1 Å². The van der Waals surface area contributed by atoms with Gasteiger partial charge in [0.15, 0.2) is 0 Å². The number of fused-ring (bicyclic) bond motifs is 1. The van der Waals surface area contributed by atoms with Gasteiger partial charge in [-0.25, -0.2) is 0 Å². The Bertz CT molecular complexity index is 711. The van der Waals surface area contributed by atoms with Crippen molar-refractivity contribution < 1.29 is 4.79 Å². The van der Waals surface area contributed by atoms with E-state index in [1.807, 2.05) is 4.90 Å². The number of benzene rings is 2. The number of rotatable bonds is 4. The molecule has 3 aliphatic rings. The monoisotopic (exact) mass is 307 g/mol. The van der Waals surface area contributed by atoms with Crippen LogP contribution in [-0.2, 0) is 11.3 Å².